The molecule has 1 aromatic rings. The van der Waals surface area contributed by atoms with Crippen LogP contribution < -0.4 is 5.73 Å². The van der Waals surface area contributed by atoms with Crippen molar-refractivity contribution in [3.8, 4) is 0 Å². The summed E-state index contributed by atoms with van der Waals surface area (Å²) in [7, 11) is 0. The molecule has 1 aliphatic carbocycles. The van der Waals surface area contributed by atoms with Gasteiger partial charge in [-0.1, -0.05) is 36.8 Å². The van der Waals surface area contributed by atoms with Crippen molar-refractivity contribution in [2.75, 3.05) is 26.2 Å². The van der Waals surface area contributed by atoms with Crippen LogP contribution in [-0.2, 0) is 11.3 Å². The molecular weight excluding hydrogens is 310 g/mol. The molecule has 3 rings (SSSR count). The fourth-order valence-corrected chi connectivity index (χ4v) is 4.44. The fourth-order valence-electron chi connectivity index (χ4n) is 4.44. The van der Waals surface area contributed by atoms with E-state index in [9.17, 15) is 4.79 Å². The van der Waals surface area contributed by atoms with Crippen molar-refractivity contribution in [3.63, 3.8) is 0 Å². The first kappa shape index (κ1) is 18.4. The number of nitrogens with two attached hydrogens (primary N) is 1. The summed E-state index contributed by atoms with van der Waals surface area (Å²) in [5.41, 5.74) is 7.46. The SMILES string of the molecule is CCN(CC1CCN(Cc2ccccc2)C1)C(=O)C1CCCC(N)C1. The monoisotopic (exact) mass is 343 g/mol. The summed E-state index contributed by atoms with van der Waals surface area (Å²) in [5, 5.41) is 0. The Kier molecular flexibility index (Phi) is 6.49. The molecule has 2 aliphatic rings. The Balaban J connectivity index is 1.49. The van der Waals surface area contributed by atoms with Gasteiger partial charge in [0.05, 0.1) is 0 Å². The molecule has 2 N–H and O–H groups in total. The lowest BCUT2D eigenvalue weighted by atomic mass is 9.85. The standard InChI is InChI=1S/C21H33N3O/c1-2-24(21(25)19-9-6-10-20(22)13-19)16-18-11-12-23(15-18)14-17-7-4-3-5-8-17/h3-5,7-8,18-20H,2,6,9-16,22H2,1H3. The van der Waals surface area contributed by atoms with Crippen LogP contribution in [-0.4, -0.2) is 47.9 Å². The molecule has 1 saturated carbocycles. The number of hydrogen-bond donors (Lipinski definition) is 1. The van der Waals surface area contributed by atoms with Crippen LogP contribution >= 0.6 is 0 Å². The molecule has 3 atom stereocenters. The third kappa shape index (κ3) is 5.05. The first-order valence-corrected chi connectivity index (χ1v) is 9.96. The van der Waals surface area contributed by atoms with Gasteiger partial charge < -0.3 is 10.6 Å². The summed E-state index contributed by atoms with van der Waals surface area (Å²) in [5.74, 6) is 1.11. The smallest absolute Gasteiger partial charge is 0.225 e. The maximum Gasteiger partial charge on any atom is 0.225 e. The number of carbonyl (C=O) groups is 1. The van der Waals surface area contributed by atoms with E-state index >= 15 is 0 Å². The van der Waals surface area contributed by atoms with E-state index in [0.717, 1.165) is 58.4 Å². The zero-order valence-corrected chi connectivity index (χ0v) is 15.6. The molecule has 1 aromatic carbocycles. The highest BCUT2D eigenvalue weighted by Gasteiger charge is 2.31. The summed E-state index contributed by atoms with van der Waals surface area (Å²) >= 11 is 0. The molecule has 4 heteroatoms. The van der Waals surface area contributed by atoms with Gasteiger partial charge in [0.1, 0.15) is 0 Å². The minimum absolute atomic E-state index is 0.158. The Morgan fingerprint density at radius 3 is 2.76 bits per heavy atom. The average Bonchev–Trinajstić information content (AvgIpc) is 3.07. The molecule has 1 aliphatic heterocycles. The molecule has 0 spiro atoms. The van der Waals surface area contributed by atoms with Gasteiger partial charge in [0.2, 0.25) is 5.91 Å². The molecule has 0 radical (unpaired) electrons. The van der Waals surface area contributed by atoms with Crippen molar-refractivity contribution in [1.82, 2.24) is 9.80 Å². The lowest BCUT2D eigenvalue weighted by Crippen LogP contribution is -2.43. The highest BCUT2D eigenvalue weighted by Crippen LogP contribution is 2.26. The molecular formula is C21H33N3O. The third-order valence-corrected chi connectivity index (χ3v) is 5.85. The van der Waals surface area contributed by atoms with Gasteiger partial charge in [-0.3, -0.25) is 9.69 Å². The van der Waals surface area contributed by atoms with Gasteiger partial charge in [0.25, 0.3) is 0 Å². The second-order valence-electron chi connectivity index (χ2n) is 7.88. The number of benzene rings is 1. The highest BCUT2D eigenvalue weighted by molar-refractivity contribution is 5.79. The van der Waals surface area contributed by atoms with Crippen LogP contribution in [0.4, 0.5) is 0 Å². The number of hydrogen-bond acceptors (Lipinski definition) is 3. The van der Waals surface area contributed by atoms with E-state index in [1.54, 1.807) is 0 Å². The topological polar surface area (TPSA) is 49.6 Å². The molecule has 4 nitrogen and oxygen atoms in total. The summed E-state index contributed by atoms with van der Waals surface area (Å²) in [4.78, 5) is 17.5. The van der Waals surface area contributed by atoms with Crippen molar-refractivity contribution in [3.05, 3.63) is 35.9 Å². The first-order valence-electron chi connectivity index (χ1n) is 9.96. The molecule has 0 aromatic heterocycles. The van der Waals surface area contributed by atoms with Crippen LogP contribution in [0.25, 0.3) is 0 Å². The van der Waals surface area contributed by atoms with E-state index in [4.69, 9.17) is 5.73 Å². The third-order valence-electron chi connectivity index (χ3n) is 5.85. The molecule has 1 amide bonds. The molecule has 138 valence electrons. The number of rotatable bonds is 6. The zero-order valence-electron chi connectivity index (χ0n) is 15.6. The van der Waals surface area contributed by atoms with Crippen LogP contribution in [0.3, 0.4) is 0 Å². The predicted molar refractivity (Wildman–Crippen MR) is 102 cm³/mol. The first-order chi connectivity index (χ1) is 12.2. The van der Waals surface area contributed by atoms with Crippen molar-refractivity contribution in [1.29, 1.82) is 0 Å². The average molecular weight is 344 g/mol. The second kappa shape index (κ2) is 8.81. The van der Waals surface area contributed by atoms with E-state index in [1.165, 1.54) is 12.0 Å². The van der Waals surface area contributed by atoms with Gasteiger partial charge in [-0.05, 0) is 50.6 Å². The van der Waals surface area contributed by atoms with Crippen molar-refractivity contribution in [2.45, 2.75) is 51.6 Å². The van der Waals surface area contributed by atoms with E-state index in [0.29, 0.717) is 11.8 Å². The van der Waals surface area contributed by atoms with E-state index in [-0.39, 0.29) is 12.0 Å². The maximum atomic E-state index is 12.9. The van der Waals surface area contributed by atoms with Crippen LogP contribution in [0.5, 0.6) is 0 Å². The molecule has 0 bridgehead atoms. The Bertz CT molecular complexity index is 547. The summed E-state index contributed by atoms with van der Waals surface area (Å²) < 4.78 is 0. The Labute approximate surface area is 152 Å². The number of likely N-dealkylation sites (tertiary alicyclic amines) is 1. The molecule has 1 heterocycles. The van der Waals surface area contributed by atoms with Gasteiger partial charge in [-0.2, -0.15) is 0 Å². The van der Waals surface area contributed by atoms with E-state index in [1.807, 2.05) is 0 Å². The van der Waals surface area contributed by atoms with Gasteiger partial charge in [0.15, 0.2) is 0 Å². The zero-order chi connectivity index (χ0) is 17.6. The molecule has 25 heavy (non-hydrogen) atoms. The lowest BCUT2D eigenvalue weighted by Gasteiger charge is -2.32. The largest absolute Gasteiger partial charge is 0.342 e. The number of nitrogens with zero attached hydrogens (tertiary/aromatic N) is 2. The predicted octanol–water partition coefficient (Wildman–Crippen LogP) is 2.87. The number of carbonyl (C=O) groups excluding carboxylic acids is 1. The van der Waals surface area contributed by atoms with Crippen LogP contribution in [0.1, 0.15) is 44.6 Å². The summed E-state index contributed by atoms with van der Waals surface area (Å²) in [6, 6.07) is 10.9. The van der Waals surface area contributed by atoms with Gasteiger partial charge >= 0.3 is 0 Å². The minimum Gasteiger partial charge on any atom is -0.342 e. The summed E-state index contributed by atoms with van der Waals surface area (Å²) in [6.07, 6.45) is 5.27. The molecule has 3 unspecified atom stereocenters. The molecule has 1 saturated heterocycles. The van der Waals surface area contributed by atoms with Crippen molar-refractivity contribution < 1.29 is 4.79 Å². The minimum atomic E-state index is 0.158. The van der Waals surface area contributed by atoms with Crippen molar-refractivity contribution in [2.24, 2.45) is 17.6 Å². The normalized spacial score (nSPS) is 27.4. The Morgan fingerprint density at radius 2 is 2.04 bits per heavy atom. The van der Waals surface area contributed by atoms with Gasteiger partial charge in [0, 0.05) is 38.1 Å². The van der Waals surface area contributed by atoms with Gasteiger partial charge in [-0.15, -0.1) is 0 Å². The maximum absolute atomic E-state index is 12.9. The van der Waals surface area contributed by atoms with Crippen molar-refractivity contribution >= 4 is 5.91 Å². The summed E-state index contributed by atoms with van der Waals surface area (Å²) in [6.45, 7) is 7.10. The Morgan fingerprint density at radius 1 is 1.24 bits per heavy atom. The van der Waals surface area contributed by atoms with E-state index in [2.05, 4.69) is 47.1 Å². The highest BCUT2D eigenvalue weighted by atomic mass is 16.2. The number of amides is 1. The lowest BCUT2D eigenvalue weighted by molar-refractivity contribution is -0.137. The van der Waals surface area contributed by atoms with Gasteiger partial charge in [-0.25, -0.2) is 0 Å². The Hall–Kier alpha value is -1.39. The van der Waals surface area contributed by atoms with Crippen LogP contribution in [0.2, 0.25) is 0 Å². The molecule has 2 fully saturated rings. The second-order valence-corrected chi connectivity index (χ2v) is 7.88. The quantitative estimate of drug-likeness (QED) is 0.864. The van der Waals surface area contributed by atoms with Crippen LogP contribution in [0, 0.1) is 11.8 Å². The fraction of sp³-hybridized carbons (Fsp3) is 0.667. The van der Waals surface area contributed by atoms with E-state index < -0.39 is 0 Å². The van der Waals surface area contributed by atoms with Crippen LogP contribution in [0.15, 0.2) is 30.3 Å².